The molecule has 4 aromatic rings. The highest BCUT2D eigenvalue weighted by Crippen LogP contribution is 2.39. The molecule has 0 aliphatic carbocycles. The van der Waals surface area contributed by atoms with Gasteiger partial charge in [-0.05, 0) is 79.1 Å². The van der Waals surface area contributed by atoms with Gasteiger partial charge in [0.2, 0.25) is 0 Å². The van der Waals surface area contributed by atoms with Crippen molar-refractivity contribution in [3.05, 3.63) is 71.8 Å². The predicted octanol–water partition coefficient (Wildman–Crippen LogP) is 5.10. The Morgan fingerprint density at radius 1 is 0.909 bits per heavy atom. The van der Waals surface area contributed by atoms with Crippen molar-refractivity contribution in [1.29, 1.82) is 0 Å². The van der Waals surface area contributed by atoms with Crippen LogP contribution in [-0.4, -0.2) is 41.8 Å². The maximum atomic E-state index is 11.5. The van der Waals surface area contributed by atoms with Gasteiger partial charge in [0, 0.05) is 17.8 Å². The number of carbonyl (C=O) groups is 1. The number of aryl methyl sites for hydroxylation is 1. The molecule has 7 nitrogen and oxygen atoms in total. The zero-order chi connectivity index (χ0) is 22.9. The highest BCUT2D eigenvalue weighted by molar-refractivity contribution is 5.94. The maximum absolute atomic E-state index is 11.5. The summed E-state index contributed by atoms with van der Waals surface area (Å²) in [6.07, 6.45) is 1.90. The fourth-order valence-corrected chi connectivity index (χ4v) is 4.23. The minimum absolute atomic E-state index is 0.184. The molecule has 0 bridgehead atoms. The lowest BCUT2D eigenvalue weighted by atomic mass is 10.0. The largest absolute Gasteiger partial charge is 0.497 e. The number of aromatic nitrogens is 2. The van der Waals surface area contributed by atoms with Crippen LogP contribution < -0.4 is 14.4 Å². The molecule has 1 aromatic heterocycles. The molecule has 1 aliphatic rings. The van der Waals surface area contributed by atoms with Crippen LogP contribution in [0.4, 0.5) is 11.5 Å². The Morgan fingerprint density at radius 3 is 2.39 bits per heavy atom. The number of hydrogen-bond acceptors (Lipinski definition) is 6. The lowest BCUT2D eigenvalue weighted by Gasteiger charge is -2.32. The van der Waals surface area contributed by atoms with E-state index in [0.29, 0.717) is 16.9 Å². The predicted molar refractivity (Wildman–Crippen MR) is 127 cm³/mol. The number of carboxylic acid groups (broad SMARTS) is 1. The van der Waals surface area contributed by atoms with E-state index in [2.05, 4.69) is 11.0 Å². The monoisotopic (exact) mass is 441 g/mol. The number of carboxylic acids is 1. The normalized spacial score (nSPS) is 13.0. The van der Waals surface area contributed by atoms with Crippen LogP contribution in [0.5, 0.6) is 11.5 Å². The summed E-state index contributed by atoms with van der Waals surface area (Å²) in [5, 5.41) is 9.44. The van der Waals surface area contributed by atoms with E-state index < -0.39 is 5.97 Å². The first-order valence-electron chi connectivity index (χ1n) is 10.7. The molecule has 0 atom stereocenters. The van der Waals surface area contributed by atoms with E-state index in [1.807, 2.05) is 36.4 Å². The Balaban J connectivity index is 1.72. The summed E-state index contributed by atoms with van der Waals surface area (Å²) < 4.78 is 10.7. The smallest absolute Gasteiger partial charge is 0.335 e. The van der Waals surface area contributed by atoms with Gasteiger partial charge in [0.15, 0.2) is 5.82 Å². The van der Waals surface area contributed by atoms with E-state index in [0.717, 1.165) is 47.8 Å². The van der Waals surface area contributed by atoms with Gasteiger partial charge < -0.3 is 19.5 Å². The van der Waals surface area contributed by atoms with Crippen LogP contribution in [0.3, 0.4) is 0 Å². The van der Waals surface area contributed by atoms with E-state index in [1.165, 1.54) is 5.56 Å². The molecule has 0 spiro atoms. The van der Waals surface area contributed by atoms with Gasteiger partial charge in [-0.3, -0.25) is 0 Å². The summed E-state index contributed by atoms with van der Waals surface area (Å²) in [4.78, 5) is 23.5. The molecule has 5 rings (SSSR count). The Hall–Kier alpha value is -4.13. The van der Waals surface area contributed by atoms with Crippen molar-refractivity contribution in [2.75, 3.05) is 25.7 Å². The first-order chi connectivity index (χ1) is 16.1. The minimum atomic E-state index is -0.991. The molecular weight excluding hydrogens is 418 g/mol. The van der Waals surface area contributed by atoms with Gasteiger partial charge in [-0.15, -0.1) is 0 Å². The Bertz CT molecular complexity index is 1350. The molecule has 33 heavy (non-hydrogen) atoms. The van der Waals surface area contributed by atoms with Gasteiger partial charge in [0.25, 0.3) is 0 Å². The first kappa shape index (κ1) is 20.8. The highest BCUT2D eigenvalue weighted by atomic mass is 16.5. The highest BCUT2D eigenvalue weighted by Gasteiger charge is 2.24. The third kappa shape index (κ3) is 3.82. The second-order valence-corrected chi connectivity index (χ2v) is 7.88. The quantitative estimate of drug-likeness (QED) is 0.461. The molecule has 3 aromatic carbocycles. The SMILES string of the molecule is COc1ccc(-c2nc3ccc(C(=O)O)cc3nc2N2CCCc3cc(OC)ccc32)cc1. The number of nitrogens with zero attached hydrogens (tertiary/aromatic N) is 3. The zero-order valence-electron chi connectivity index (χ0n) is 18.4. The first-order valence-corrected chi connectivity index (χ1v) is 10.7. The van der Waals surface area contributed by atoms with Gasteiger partial charge in [0.1, 0.15) is 17.2 Å². The van der Waals surface area contributed by atoms with Gasteiger partial charge in [-0.25, -0.2) is 14.8 Å². The number of fused-ring (bicyclic) bond motifs is 2. The summed E-state index contributed by atoms with van der Waals surface area (Å²) in [5.41, 5.74) is 5.25. The van der Waals surface area contributed by atoms with Crippen molar-refractivity contribution >= 4 is 28.5 Å². The molecule has 0 fully saturated rings. The molecule has 166 valence electrons. The summed E-state index contributed by atoms with van der Waals surface area (Å²) >= 11 is 0. The lowest BCUT2D eigenvalue weighted by molar-refractivity contribution is 0.0697. The average Bonchev–Trinajstić information content (AvgIpc) is 2.86. The van der Waals surface area contributed by atoms with Crippen molar-refractivity contribution in [2.24, 2.45) is 0 Å². The summed E-state index contributed by atoms with van der Waals surface area (Å²) in [6.45, 7) is 0.779. The van der Waals surface area contributed by atoms with Crippen molar-refractivity contribution < 1.29 is 19.4 Å². The topological polar surface area (TPSA) is 84.8 Å². The van der Waals surface area contributed by atoms with Crippen LogP contribution in [0.2, 0.25) is 0 Å². The molecule has 1 N–H and O–H groups in total. The van der Waals surface area contributed by atoms with Crippen molar-refractivity contribution in [2.45, 2.75) is 12.8 Å². The number of rotatable bonds is 5. The lowest BCUT2D eigenvalue weighted by Crippen LogP contribution is -2.26. The second kappa shape index (κ2) is 8.43. The average molecular weight is 441 g/mol. The second-order valence-electron chi connectivity index (χ2n) is 7.88. The third-order valence-electron chi connectivity index (χ3n) is 5.92. The molecule has 0 unspecified atom stereocenters. The van der Waals surface area contributed by atoms with E-state index in [9.17, 15) is 9.90 Å². The zero-order valence-corrected chi connectivity index (χ0v) is 18.4. The molecule has 0 saturated carbocycles. The Kier molecular flexibility index (Phi) is 5.30. The standard InChI is InChI=1S/C26H23N3O4/c1-32-19-8-5-16(6-9-19)24-25(28-22-15-18(26(30)31)7-11-21(22)27-24)29-13-3-4-17-14-20(33-2)10-12-23(17)29/h5-12,14-15H,3-4,13H2,1-2H3,(H,30,31). The number of aromatic carboxylic acids is 1. The molecule has 0 amide bonds. The van der Waals surface area contributed by atoms with Gasteiger partial charge in [-0.1, -0.05) is 0 Å². The van der Waals surface area contributed by atoms with Crippen molar-refractivity contribution in [1.82, 2.24) is 9.97 Å². The van der Waals surface area contributed by atoms with Crippen LogP contribution in [0.25, 0.3) is 22.3 Å². The van der Waals surface area contributed by atoms with E-state index in [4.69, 9.17) is 19.4 Å². The number of hydrogen-bond donors (Lipinski definition) is 1. The number of methoxy groups -OCH3 is 2. The molecule has 2 heterocycles. The molecule has 0 saturated heterocycles. The molecule has 0 radical (unpaired) electrons. The van der Waals surface area contributed by atoms with E-state index in [-0.39, 0.29) is 5.56 Å². The van der Waals surface area contributed by atoms with E-state index >= 15 is 0 Å². The summed E-state index contributed by atoms with van der Waals surface area (Å²) in [6, 6.07) is 18.6. The van der Waals surface area contributed by atoms with E-state index in [1.54, 1.807) is 32.4 Å². The Morgan fingerprint density at radius 2 is 1.67 bits per heavy atom. The Labute approximate surface area is 191 Å². The minimum Gasteiger partial charge on any atom is -0.497 e. The number of anilines is 2. The van der Waals surface area contributed by atoms with Crippen molar-refractivity contribution in [3.8, 4) is 22.8 Å². The number of benzene rings is 3. The van der Waals surface area contributed by atoms with Crippen LogP contribution in [0, 0.1) is 0 Å². The fourth-order valence-electron chi connectivity index (χ4n) is 4.23. The number of ether oxygens (including phenoxy) is 2. The summed E-state index contributed by atoms with van der Waals surface area (Å²) in [7, 11) is 3.30. The fraction of sp³-hybridized carbons (Fsp3) is 0.192. The maximum Gasteiger partial charge on any atom is 0.335 e. The van der Waals surface area contributed by atoms with Gasteiger partial charge >= 0.3 is 5.97 Å². The van der Waals surface area contributed by atoms with Crippen LogP contribution >= 0.6 is 0 Å². The van der Waals surface area contributed by atoms with Gasteiger partial charge in [-0.2, -0.15) is 0 Å². The molecule has 7 heteroatoms. The van der Waals surface area contributed by atoms with Gasteiger partial charge in [0.05, 0.1) is 30.8 Å². The van der Waals surface area contributed by atoms with Crippen LogP contribution in [0.1, 0.15) is 22.3 Å². The third-order valence-corrected chi connectivity index (χ3v) is 5.92. The molecule has 1 aliphatic heterocycles. The van der Waals surface area contributed by atoms with Crippen LogP contribution in [0.15, 0.2) is 60.7 Å². The summed E-state index contributed by atoms with van der Waals surface area (Å²) in [5.74, 6) is 1.29. The van der Waals surface area contributed by atoms with Crippen LogP contribution in [-0.2, 0) is 6.42 Å². The van der Waals surface area contributed by atoms with Crippen molar-refractivity contribution in [3.63, 3.8) is 0 Å². The molecular formula is C26H23N3O4.